The Hall–Kier alpha value is -2.57. The highest BCUT2D eigenvalue weighted by atomic mass is 19.2. The number of allylic oxidation sites excluding steroid dienone is 2. The summed E-state index contributed by atoms with van der Waals surface area (Å²) < 4.78 is 31.8. The smallest absolute Gasteiger partial charge is 0.184 e. The van der Waals surface area contributed by atoms with Crippen LogP contribution in [0, 0.1) is 17.6 Å². The zero-order valence-corrected chi connectivity index (χ0v) is 11.8. The molecule has 0 spiro atoms. The number of aromatic amines is 1. The summed E-state index contributed by atoms with van der Waals surface area (Å²) in [6, 6.07) is 2.07. The number of benzene rings is 1. The van der Waals surface area contributed by atoms with Crippen LogP contribution in [-0.4, -0.2) is 16.6 Å². The Bertz CT molecular complexity index is 723. The van der Waals surface area contributed by atoms with Gasteiger partial charge in [0.25, 0.3) is 0 Å². The molecule has 5 nitrogen and oxygen atoms in total. The summed E-state index contributed by atoms with van der Waals surface area (Å²) in [6.45, 7) is 0.580. The van der Waals surface area contributed by atoms with E-state index in [1.807, 2.05) is 0 Å². The van der Waals surface area contributed by atoms with Crippen LogP contribution in [0.3, 0.4) is 0 Å². The van der Waals surface area contributed by atoms with E-state index in [2.05, 4.69) is 9.97 Å². The fraction of sp³-hybridized carbons (Fsp3) is 0.267. The average molecular weight is 306 g/mol. The van der Waals surface area contributed by atoms with E-state index in [4.69, 9.17) is 16.2 Å². The van der Waals surface area contributed by atoms with Gasteiger partial charge < -0.3 is 21.2 Å². The molecule has 2 aromatic rings. The van der Waals surface area contributed by atoms with Gasteiger partial charge in [0, 0.05) is 30.0 Å². The van der Waals surface area contributed by atoms with Crippen molar-refractivity contribution in [2.75, 3.05) is 6.61 Å². The Kier molecular flexibility index (Phi) is 3.70. The second-order valence-electron chi connectivity index (χ2n) is 5.29. The predicted octanol–water partition coefficient (Wildman–Crippen LogP) is 2.37. The first kappa shape index (κ1) is 14.4. The molecule has 3 rings (SSSR count). The molecule has 0 bridgehead atoms. The summed E-state index contributed by atoms with van der Waals surface area (Å²) in [5, 5.41) is 0. The van der Waals surface area contributed by atoms with E-state index in [9.17, 15) is 8.78 Å². The van der Waals surface area contributed by atoms with Crippen molar-refractivity contribution in [3.05, 3.63) is 47.8 Å². The lowest BCUT2D eigenvalue weighted by Crippen LogP contribution is -2.06. The normalized spacial score (nSPS) is 16.3. The first-order valence-electron chi connectivity index (χ1n) is 6.94. The maximum atomic E-state index is 13.2. The van der Waals surface area contributed by atoms with Crippen LogP contribution in [0.15, 0.2) is 30.3 Å². The van der Waals surface area contributed by atoms with E-state index >= 15 is 0 Å². The molecule has 1 aromatic carbocycles. The molecule has 116 valence electrons. The minimum absolute atomic E-state index is 0.224. The number of nitrogens with two attached hydrogens (primary N) is 2. The maximum Gasteiger partial charge on any atom is 0.184 e. The number of fused-ring (bicyclic) bond motifs is 1. The molecule has 0 unspecified atom stereocenters. The van der Waals surface area contributed by atoms with Gasteiger partial charge in [-0.1, -0.05) is 0 Å². The molecule has 0 aliphatic heterocycles. The molecule has 0 atom stereocenters. The van der Waals surface area contributed by atoms with Crippen molar-refractivity contribution in [1.82, 2.24) is 9.97 Å². The van der Waals surface area contributed by atoms with Crippen LogP contribution in [0.2, 0.25) is 0 Å². The number of nitrogens with one attached hydrogen (secondary N) is 1. The Morgan fingerprint density at radius 2 is 2.09 bits per heavy atom. The van der Waals surface area contributed by atoms with Crippen LogP contribution < -0.4 is 11.5 Å². The Morgan fingerprint density at radius 3 is 2.77 bits per heavy atom. The number of ether oxygens (including phenoxy) is 1. The van der Waals surface area contributed by atoms with Crippen molar-refractivity contribution < 1.29 is 13.5 Å². The Morgan fingerprint density at radius 1 is 1.36 bits per heavy atom. The summed E-state index contributed by atoms with van der Waals surface area (Å²) in [7, 11) is 0. The highest BCUT2D eigenvalue weighted by Crippen LogP contribution is 2.29. The largest absolute Gasteiger partial charge is 0.479 e. The summed E-state index contributed by atoms with van der Waals surface area (Å²) in [5.41, 5.74) is 12.5. The molecule has 1 aromatic heterocycles. The van der Waals surface area contributed by atoms with Gasteiger partial charge in [0.15, 0.2) is 17.5 Å². The van der Waals surface area contributed by atoms with Crippen molar-refractivity contribution in [3.63, 3.8) is 0 Å². The molecule has 1 aliphatic carbocycles. The van der Waals surface area contributed by atoms with Crippen molar-refractivity contribution in [2.45, 2.75) is 12.8 Å². The van der Waals surface area contributed by atoms with E-state index in [1.165, 1.54) is 12.3 Å². The van der Waals surface area contributed by atoms with E-state index in [-0.39, 0.29) is 5.88 Å². The molecular formula is C15H16F2N4O. The molecule has 1 heterocycles. The lowest BCUT2D eigenvalue weighted by atomic mass is 10.2. The standard InChI is InChI=1S/C15H16F2N4O/c16-10-4-12-13(5-11(10)17)21-15(20-12)9(6-18)3-14(19)22-7-8-1-2-8/h3-6,8H,1-2,7,18-19H2,(H,20,21)/b9-6+,14-3+. The first-order chi connectivity index (χ1) is 10.6. The third-order valence-corrected chi connectivity index (χ3v) is 3.46. The molecular weight excluding hydrogens is 290 g/mol. The van der Waals surface area contributed by atoms with E-state index in [0.29, 0.717) is 35.0 Å². The molecule has 0 saturated heterocycles. The van der Waals surface area contributed by atoms with Crippen LogP contribution in [0.25, 0.3) is 16.6 Å². The number of halogens is 2. The van der Waals surface area contributed by atoms with Crippen LogP contribution in [0.1, 0.15) is 18.7 Å². The Labute approximate surface area is 125 Å². The van der Waals surface area contributed by atoms with Gasteiger partial charge in [-0.3, -0.25) is 0 Å². The summed E-state index contributed by atoms with van der Waals surface area (Å²) in [6.07, 6.45) is 5.16. The van der Waals surface area contributed by atoms with Crippen LogP contribution in [0.5, 0.6) is 0 Å². The fourth-order valence-electron chi connectivity index (χ4n) is 2.03. The second-order valence-corrected chi connectivity index (χ2v) is 5.29. The van der Waals surface area contributed by atoms with Gasteiger partial charge in [0.2, 0.25) is 0 Å². The number of hydrogen-bond acceptors (Lipinski definition) is 4. The van der Waals surface area contributed by atoms with Gasteiger partial charge >= 0.3 is 0 Å². The lowest BCUT2D eigenvalue weighted by molar-refractivity contribution is 0.197. The minimum atomic E-state index is -0.952. The van der Waals surface area contributed by atoms with Gasteiger partial charge in [0.05, 0.1) is 17.6 Å². The van der Waals surface area contributed by atoms with E-state index < -0.39 is 11.6 Å². The number of rotatable bonds is 5. The molecule has 5 N–H and O–H groups in total. The maximum absolute atomic E-state index is 13.2. The third kappa shape index (κ3) is 3.03. The number of imidazole rings is 1. The monoisotopic (exact) mass is 306 g/mol. The second kappa shape index (κ2) is 5.67. The topological polar surface area (TPSA) is 89.9 Å². The number of nitrogens with zero attached hydrogens (tertiary/aromatic N) is 1. The van der Waals surface area contributed by atoms with Gasteiger partial charge in [-0.2, -0.15) is 0 Å². The number of aromatic nitrogens is 2. The number of hydrogen-bond donors (Lipinski definition) is 3. The van der Waals surface area contributed by atoms with Crippen molar-refractivity contribution in [2.24, 2.45) is 17.4 Å². The summed E-state index contributed by atoms with van der Waals surface area (Å²) in [5.74, 6) is -0.730. The van der Waals surface area contributed by atoms with E-state index in [0.717, 1.165) is 25.0 Å². The predicted molar refractivity (Wildman–Crippen MR) is 79.1 cm³/mol. The summed E-state index contributed by atoms with van der Waals surface area (Å²) >= 11 is 0. The SMILES string of the molecule is N/C=C(\C=C(/N)OCC1CC1)c1nc2cc(F)c(F)cc2[nH]1. The zero-order valence-electron chi connectivity index (χ0n) is 11.8. The van der Waals surface area contributed by atoms with Gasteiger partial charge in [-0.15, -0.1) is 0 Å². The van der Waals surface area contributed by atoms with Crippen LogP contribution in [-0.2, 0) is 4.74 Å². The molecule has 1 fully saturated rings. The minimum Gasteiger partial charge on any atom is -0.479 e. The van der Waals surface area contributed by atoms with Crippen molar-refractivity contribution in [1.29, 1.82) is 0 Å². The van der Waals surface area contributed by atoms with Gasteiger partial charge in [0.1, 0.15) is 5.82 Å². The average Bonchev–Trinajstić information content (AvgIpc) is 3.24. The highest BCUT2D eigenvalue weighted by molar-refractivity contribution is 5.81. The Balaban J connectivity index is 1.85. The molecule has 22 heavy (non-hydrogen) atoms. The van der Waals surface area contributed by atoms with Crippen molar-refractivity contribution in [3.8, 4) is 0 Å². The van der Waals surface area contributed by atoms with Gasteiger partial charge in [-0.25, -0.2) is 13.8 Å². The molecule has 1 saturated carbocycles. The number of H-pyrrole nitrogens is 1. The van der Waals surface area contributed by atoms with E-state index in [1.54, 1.807) is 0 Å². The fourth-order valence-corrected chi connectivity index (χ4v) is 2.03. The zero-order chi connectivity index (χ0) is 15.7. The molecule has 7 heteroatoms. The lowest BCUT2D eigenvalue weighted by Gasteiger charge is -2.05. The molecule has 1 aliphatic rings. The first-order valence-corrected chi connectivity index (χ1v) is 6.94. The quantitative estimate of drug-likeness (QED) is 0.584. The highest BCUT2D eigenvalue weighted by Gasteiger charge is 2.22. The van der Waals surface area contributed by atoms with Gasteiger partial charge in [-0.05, 0) is 18.8 Å². The summed E-state index contributed by atoms with van der Waals surface area (Å²) in [4.78, 5) is 7.06. The molecule has 0 radical (unpaired) electrons. The third-order valence-electron chi connectivity index (χ3n) is 3.46. The van der Waals surface area contributed by atoms with Crippen LogP contribution >= 0.6 is 0 Å². The van der Waals surface area contributed by atoms with Crippen LogP contribution in [0.4, 0.5) is 8.78 Å². The van der Waals surface area contributed by atoms with Crippen molar-refractivity contribution >= 4 is 16.6 Å². The molecule has 0 amide bonds.